The van der Waals surface area contributed by atoms with Crippen molar-refractivity contribution in [2.45, 2.75) is 39.0 Å². The van der Waals surface area contributed by atoms with Gasteiger partial charge in [0.2, 0.25) is 0 Å². The zero-order valence-electron chi connectivity index (χ0n) is 9.90. The molecule has 0 fully saturated rings. The van der Waals surface area contributed by atoms with Gasteiger partial charge in [0.25, 0.3) is 0 Å². The maximum Gasteiger partial charge on any atom is 0.181 e. The molecule has 0 N–H and O–H groups in total. The normalized spacial score (nSPS) is 11.1. The fourth-order valence-electron chi connectivity index (χ4n) is 1.72. The summed E-state index contributed by atoms with van der Waals surface area (Å²) in [4.78, 5) is 12.9. The number of nitrogens with zero attached hydrogens (tertiary/aromatic N) is 4. The SMILES string of the molecule is CCCCCCc1n[c]c2c(ncn2C)n1. The molecule has 0 aliphatic carbocycles. The summed E-state index contributed by atoms with van der Waals surface area (Å²) in [6.45, 7) is 2.21. The maximum absolute atomic E-state index is 4.42. The molecule has 2 heterocycles. The summed E-state index contributed by atoms with van der Waals surface area (Å²) in [5, 5.41) is 0. The number of aromatic nitrogens is 4. The number of aryl methyl sites for hydroxylation is 2. The Morgan fingerprint density at radius 1 is 1.31 bits per heavy atom. The number of hydrogen-bond donors (Lipinski definition) is 0. The van der Waals surface area contributed by atoms with Gasteiger partial charge in [0.05, 0.1) is 6.33 Å². The quantitative estimate of drug-likeness (QED) is 0.722. The molecule has 0 aliphatic heterocycles. The topological polar surface area (TPSA) is 43.6 Å². The number of rotatable bonds is 5. The van der Waals surface area contributed by atoms with E-state index >= 15 is 0 Å². The molecule has 0 atom stereocenters. The zero-order valence-corrected chi connectivity index (χ0v) is 9.90. The van der Waals surface area contributed by atoms with Gasteiger partial charge in [0.15, 0.2) is 5.65 Å². The van der Waals surface area contributed by atoms with Crippen molar-refractivity contribution in [3.8, 4) is 0 Å². The van der Waals surface area contributed by atoms with E-state index in [1.165, 1.54) is 19.3 Å². The van der Waals surface area contributed by atoms with E-state index in [2.05, 4.69) is 28.1 Å². The van der Waals surface area contributed by atoms with Crippen LogP contribution in [0.3, 0.4) is 0 Å². The molecule has 2 aromatic heterocycles. The van der Waals surface area contributed by atoms with Crippen LogP contribution in [0.4, 0.5) is 0 Å². The van der Waals surface area contributed by atoms with Crippen molar-refractivity contribution >= 4 is 11.2 Å². The van der Waals surface area contributed by atoms with E-state index in [0.29, 0.717) is 0 Å². The van der Waals surface area contributed by atoms with Crippen LogP contribution in [0.15, 0.2) is 6.33 Å². The highest BCUT2D eigenvalue weighted by Gasteiger charge is 2.04. The molecule has 0 spiro atoms. The van der Waals surface area contributed by atoms with Crippen molar-refractivity contribution in [3.05, 3.63) is 18.3 Å². The van der Waals surface area contributed by atoms with Crippen molar-refractivity contribution in [1.29, 1.82) is 0 Å². The molecular formula is C12H17N4. The summed E-state index contributed by atoms with van der Waals surface area (Å²) in [5.41, 5.74) is 1.63. The lowest BCUT2D eigenvalue weighted by molar-refractivity contribution is 0.653. The summed E-state index contributed by atoms with van der Waals surface area (Å²) in [7, 11) is 1.93. The fourth-order valence-corrected chi connectivity index (χ4v) is 1.72. The van der Waals surface area contributed by atoms with Crippen LogP contribution in [0.1, 0.15) is 38.4 Å². The van der Waals surface area contributed by atoms with Crippen molar-refractivity contribution in [2.24, 2.45) is 7.05 Å². The minimum absolute atomic E-state index is 0.753. The third kappa shape index (κ3) is 2.38. The van der Waals surface area contributed by atoms with Gasteiger partial charge < -0.3 is 4.57 Å². The Labute approximate surface area is 95.7 Å². The average Bonchev–Trinajstić information content (AvgIpc) is 2.66. The molecule has 85 valence electrons. The van der Waals surface area contributed by atoms with E-state index in [1.54, 1.807) is 6.33 Å². The minimum Gasteiger partial charge on any atom is -0.331 e. The molecule has 0 aromatic carbocycles. The molecule has 2 rings (SSSR count). The summed E-state index contributed by atoms with van der Waals surface area (Å²) in [6.07, 6.45) is 10.6. The summed E-state index contributed by atoms with van der Waals surface area (Å²) >= 11 is 0. The standard InChI is InChI=1S/C12H17N4/c1-3-4-5-6-7-11-13-8-10-12(15-11)14-9-16(10)2/h9H,3-7H2,1-2H3. The first-order valence-corrected chi connectivity index (χ1v) is 5.87. The Morgan fingerprint density at radius 2 is 2.19 bits per heavy atom. The van der Waals surface area contributed by atoms with Gasteiger partial charge in [0, 0.05) is 13.5 Å². The fraction of sp³-hybridized carbons (Fsp3) is 0.583. The zero-order chi connectivity index (χ0) is 11.4. The summed E-state index contributed by atoms with van der Waals surface area (Å²) in [6, 6.07) is 0. The molecule has 0 aliphatic rings. The van der Waals surface area contributed by atoms with Crippen LogP contribution in [-0.2, 0) is 13.5 Å². The lowest BCUT2D eigenvalue weighted by Crippen LogP contribution is -1.96. The third-order valence-electron chi connectivity index (χ3n) is 2.70. The van der Waals surface area contributed by atoms with Gasteiger partial charge in [-0.3, -0.25) is 0 Å². The highest BCUT2D eigenvalue weighted by Crippen LogP contribution is 2.09. The van der Waals surface area contributed by atoms with Crippen molar-refractivity contribution in [2.75, 3.05) is 0 Å². The van der Waals surface area contributed by atoms with E-state index in [4.69, 9.17) is 0 Å². The van der Waals surface area contributed by atoms with Gasteiger partial charge in [-0.15, -0.1) is 0 Å². The van der Waals surface area contributed by atoms with E-state index in [9.17, 15) is 0 Å². The monoisotopic (exact) mass is 217 g/mol. The highest BCUT2D eigenvalue weighted by molar-refractivity contribution is 5.68. The van der Waals surface area contributed by atoms with Crippen LogP contribution in [0.25, 0.3) is 11.2 Å². The second-order valence-electron chi connectivity index (χ2n) is 4.09. The Morgan fingerprint density at radius 3 is 3.00 bits per heavy atom. The van der Waals surface area contributed by atoms with Crippen LogP contribution < -0.4 is 0 Å². The Balaban J connectivity index is 2.02. The number of unbranched alkanes of at least 4 members (excludes halogenated alkanes) is 3. The number of imidazole rings is 1. The molecule has 4 heteroatoms. The molecule has 0 saturated carbocycles. The van der Waals surface area contributed by atoms with E-state index in [0.717, 1.165) is 29.8 Å². The van der Waals surface area contributed by atoms with Crippen LogP contribution in [0.2, 0.25) is 0 Å². The van der Waals surface area contributed by atoms with E-state index in [-0.39, 0.29) is 0 Å². The Bertz CT molecular complexity index is 461. The first-order chi connectivity index (χ1) is 7.81. The third-order valence-corrected chi connectivity index (χ3v) is 2.70. The molecule has 0 amide bonds. The van der Waals surface area contributed by atoms with Gasteiger partial charge in [-0.1, -0.05) is 26.2 Å². The van der Waals surface area contributed by atoms with Crippen molar-refractivity contribution in [1.82, 2.24) is 19.5 Å². The van der Waals surface area contributed by atoms with Gasteiger partial charge in [-0.25, -0.2) is 15.0 Å². The largest absolute Gasteiger partial charge is 0.331 e. The molecule has 2 aromatic rings. The van der Waals surface area contributed by atoms with Crippen LogP contribution in [0, 0.1) is 6.20 Å². The van der Waals surface area contributed by atoms with E-state index < -0.39 is 0 Å². The van der Waals surface area contributed by atoms with Crippen molar-refractivity contribution < 1.29 is 0 Å². The van der Waals surface area contributed by atoms with Gasteiger partial charge >= 0.3 is 0 Å². The Hall–Kier alpha value is -1.45. The maximum atomic E-state index is 4.42. The molecule has 16 heavy (non-hydrogen) atoms. The van der Waals surface area contributed by atoms with Gasteiger partial charge in [-0.2, -0.15) is 0 Å². The molecule has 1 radical (unpaired) electrons. The predicted octanol–water partition coefficient (Wildman–Crippen LogP) is 2.29. The van der Waals surface area contributed by atoms with E-state index in [1.807, 2.05) is 11.6 Å². The lowest BCUT2D eigenvalue weighted by atomic mass is 10.1. The van der Waals surface area contributed by atoms with Gasteiger partial charge in [-0.05, 0) is 6.42 Å². The molecule has 0 unspecified atom stereocenters. The second-order valence-corrected chi connectivity index (χ2v) is 4.09. The number of fused-ring (bicyclic) bond motifs is 1. The molecule has 0 bridgehead atoms. The first-order valence-electron chi connectivity index (χ1n) is 5.87. The van der Waals surface area contributed by atoms with Crippen LogP contribution in [-0.4, -0.2) is 19.5 Å². The molecule has 4 nitrogen and oxygen atoms in total. The van der Waals surface area contributed by atoms with Crippen LogP contribution in [0.5, 0.6) is 0 Å². The van der Waals surface area contributed by atoms with Gasteiger partial charge in [0.1, 0.15) is 17.5 Å². The average molecular weight is 217 g/mol. The lowest BCUT2D eigenvalue weighted by Gasteiger charge is -1.99. The van der Waals surface area contributed by atoms with Crippen LogP contribution >= 0.6 is 0 Å². The molecule has 0 saturated heterocycles. The predicted molar refractivity (Wildman–Crippen MR) is 63.0 cm³/mol. The minimum atomic E-state index is 0.753. The second kappa shape index (κ2) is 5.05. The summed E-state index contributed by atoms with van der Waals surface area (Å²) in [5.74, 6) is 0.863. The highest BCUT2D eigenvalue weighted by atomic mass is 15.1. The number of hydrogen-bond acceptors (Lipinski definition) is 3. The summed E-state index contributed by atoms with van der Waals surface area (Å²) < 4.78 is 1.89. The first kappa shape index (κ1) is 11.0. The smallest absolute Gasteiger partial charge is 0.181 e. The molecular weight excluding hydrogens is 200 g/mol. The van der Waals surface area contributed by atoms with Crippen molar-refractivity contribution in [3.63, 3.8) is 0 Å². The Kier molecular flexibility index (Phi) is 3.49.